The minimum atomic E-state index is -0.376. The largest absolute Gasteiger partial charge is 0.496 e. The summed E-state index contributed by atoms with van der Waals surface area (Å²) in [5, 5.41) is 5.63. The highest BCUT2D eigenvalue weighted by Crippen LogP contribution is 2.23. The van der Waals surface area contributed by atoms with Crippen LogP contribution in [0.5, 0.6) is 5.75 Å². The summed E-state index contributed by atoms with van der Waals surface area (Å²) in [6.45, 7) is 1.83. The average Bonchev–Trinajstić information content (AvgIpc) is 2.47. The van der Waals surface area contributed by atoms with Gasteiger partial charge in [0, 0.05) is 24.7 Å². The van der Waals surface area contributed by atoms with Gasteiger partial charge in [-0.15, -0.1) is 0 Å². The number of rotatable bonds is 5. The van der Waals surface area contributed by atoms with E-state index in [-0.39, 0.29) is 11.7 Å². The number of hydrogen-bond acceptors (Lipinski definition) is 3. The van der Waals surface area contributed by atoms with Crippen LogP contribution in [0.2, 0.25) is 0 Å². The number of carbonyl (C=O) groups excluding carboxylic acids is 1. The van der Waals surface area contributed by atoms with Gasteiger partial charge in [0.05, 0.1) is 12.8 Å². The Morgan fingerprint density at radius 1 is 1.24 bits per heavy atom. The van der Waals surface area contributed by atoms with Crippen molar-refractivity contribution in [3.05, 3.63) is 53.8 Å². The monoisotopic (exact) mass is 288 g/mol. The van der Waals surface area contributed by atoms with E-state index in [1.165, 1.54) is 19.1 Å². The molecule has 0 spiro atoms. The van der Waals surface area contributed by atoms with Crippen LogP contribution in [0.1, 0.15) is 12.5 Å². The molecule has 0 unspecified atom stereocenters. The lowest BCUT2D eigenvalue weighted by Crippen LogP contribution is -2.07. The van der Waals surface area contributed by atoms with E-state index in [1.807, 2.05) is 24.3 Å². The van der Waals surface area contributed by atoms with Gasteiger partial charge in [0.1, 0.15) is 11.6 Å². The first-order chi connectivity index (χ1) is 10.1. The smallest absolute Gasteiger partial charge is 0.221 e. The molecular weight excluding hydrogens is 271 g/mol. The van der Waals surface area contributed by atoms with Crippen molar-refractivity contribution in [1.82, 2.24) is 0 Å². The van der Waals surface area contributed by atoms with Crippen molar-refractivity contribution in [3.8, 4) is 5.75 Å². The summed E-state index contributed by atoms with van der Waals surface area (Å²) in [6, 6.07) is 11.9. The van der Waals surface area contributed by atoms with Crippen LogP contribution in [0.4, 0.5) is 15.8 Å². The van der Waals surface area contributed by atoms with E-state index in [4.69, 9.17) is 4.74 Å². The fraction of sp³-hybridized carbons (Fsp3) is 0.188. The van der Waals surface area contributed by atoms with Gasteiger partial charge in [-0.3, -0.25) is 4.79 Å². The fourth-order valence-corrected chi connectivity index (χ4v) is 1.98. The van der Waals surface area contributed by atoms with Gasteiger partial charge in [-0.25, -0.2) is 4.39 Å². The Kier molecular flexibility index (Phi) is 4.77. The molecule has 21 heavy (non-hydrogen) atoms. The summed E-state index contributed by atoms with van der Waals surface area (Å²) in [4.78, 5) is 11.0. The lowest BCUT2D eigenvalue weighted by molar-refractivity contribution is -0.114. The highest BCUT2D eigenvalue weighted by atomic mass is 19.1. The van der Waals surface area contributed by atoms with Crippen LogP contribution < -0.4 is 15.4 Å². The molecule has 0 fully saturated rings. The summed E-state index contributed by atoms with van der Waals surface area (Å²) in [5.74, 6) is 0.166. The molecule has 0 radical (unpaired) electrons. The van der Waals surface area contributed by atoms with Gasteiger partial charge in [0.15, 0.2) is 0 Å². The van der Waals surface area contributed by atoms with E-state index in [9.17, 15) is 9.18 Å². The number of carbonyl (C=O) groups is 1. The van der Waals surface area contributed by atoms with E-state index in [0.29, 0.717) is 17.9 Å². The molecule has 0 aromatic heterocycles. The minimum Gasteiger partial charge on any atom is -0.496 e. The Bertz CT molecular complexity index is 644. The maximum atomic E-state index is 13.8. The molecule has 0 heterocycles. The number of amides is 1. The van der Waals surface area contributed by atoms with Crippen molar-refractivity contribution < 1.29 is 13.9 Å². The second-order valence-corrected chi connectivity index (χ2v) is 4.54. The first-order valence-electron chi connectivity index (χ1n) is 6.53. The molecule has 0 saturated carbocycles. The molecule has 0 aliphatic heterocycles. The van der Waals surface area contributed by atoms with E-state index in [2.05, 4.69) is 10.6 Å². The molecule has 2 rings (SSSR count). The number of anilines is 2. The van der Waals surface area contributed by atoms with Crippen molar-refractivity contribution in [2.45, 2.75) is 13.5 Å². The summed E-state index contributed by atoms with van der Waals surface area (Å²) in [6.07, 6.45) is 0. The molecule has 5 heteroatoms. The summed E-state index contributed by atoms with van der Waals surface area (Å²) < 4.78 is 19.0. The van der Waals surface area contributed by atoms with Crippen molar-refractivity contribution in [2.24, 2.45) is 0 Å². The number of nitrogens with one attached hydrogen (secondary N) is 2. The third-order valence-corrected chi connectivity index (χ3v) is 2.95. The Morgan fingerprint density at radius 3 is 2.71 bits per heavy atom. The van der Waals surface area contributed by atoms with E-state index in [1.54, 1.807) is 13.2 Å². The van der Waals surface area contributed by atoms with Crippen LogP contribution in [0.3, 0.4) is 0 Å². The number of ether oxygens (including phenoxy) is 1. The van der Waals surface area contributed by atoms with Crippen LogP contribution in [0, 0.1) is 5.82 Å². The van der Waals surface area contributed by atoms with Crippen molar-refractivity contribution in [2.75, 3.05) is 17.7 Å². The van der Waals surface area contributed by atoms with Gasteiger partial charge in [-0.2, -0.15) is 0 Å². The van der Waals surface area contributed by atoms with E-state index < -0.39 is 0 Å². The van der Waals surface area contributed by atoms with Crippen LogP contribution in [0.15, 0.2) is 42.5 Å². The fourth-order valence-electron chi connectivity index (χ4n) is 1.98. The number of halogens is 1. The Hall–Kier alpha value is -2.56. The number of para-hydroxylation sites is 1. The van der Waals surface area contributed by atoms with Crippen molar-refractivity contribution >= 4 is 17.3 Å². The summed E-state index contributed by atoms with van der Waals surface area (Å²) in [7, 11) is 1.59. The van der Waals surface area contributed by atoms with E-state index >= 15 is 0 Å². The number of benzene rings is 2. The Morgan fingerprint density at radius 2 is 2.00 bits per heavy atom. The zero-order valence-electron chi connectivity index (χ0n) is 11.9. The number of methoxy groups -OCH3 is 1. The zero-order chi connectivity index (χ0) is 15.2. The second-order valence-electron chi connectivity index (χ2n) is 4.54. The normalized spacial score (nSPS) is 10.0. The van der Waals surface area contributed by atoms with Gasteiger partial charge < -0.3 is 15.4 Å². The lowest BCUT2D eigenvalue weighted by Gasteiger charge is -2.12. The Balaban J connectivity index is 2.13. The van der Waals surface area contributed by atoms with Gasteiger partial charge in [-0.05, 0) is 24.3 Å². The van der Waals surface area contributed by atoms with Gasteiger partial charge in [0.25, 0.3) is 0 Å². The molecule has 4 nitrogen and oxygen atoms in total. The van der Waals surface area contributed by atoms with Gasteiger partial charge in [0.2, 0.25) is 5.91 Å². The van der Waals surface area contributed by atoms with Crippen LogP contribution >= 0.6 is 0 Å². The summed E-state index contributed by atoms with van der Waals surface area (Å²) >= 11 is 0. The van der Waals surface area contributed by atoms with Crippen molar-refractivity contribution in [1.29, 1.82) is 0 Å². The molecular formula is C16H17FN2O2. The molecule has 1 amide bonds. The predicted molar refractivity (Wildman–Crippen MR) is 81.0 cm³/mol. The standard InChI is InChI=1S/C16H17FN2O2/c1-11(20)19-13-7-8-14(17)15(9-13)18-10-12-5-3-4-6-16(12)21-2/h3-9,18H,10H2,1-2H3,(H,19,20). The third-order valence-electron chi connectivity index (χ3n) is 2.95. The summed E-state index contributed by atoms with van der Waals surface area (Å²) in [5.41, 5.74) is 1.79. The third kappa shape index (κ3) is 3.95. The molecule has 110 valence electrons. The molecule has 0 saturated heterocycles. The first-order valence-corrected chi connectivity index (χ1v) is 6.53. The second kappa shape index (κ2) is 6.74. The zero-order valence-corrected chi connectivity index (χ0v) is 11.9. The van der Waals surface area contributed by atoms with Crippen LogP contribution in [0.25, 0.3) is 0 Å². The molecule has 0 aliphatic carbocycles. The maximum Gasteiger partial charge on any atom is 0.221 e. The average molecular weight is 288 g/mol. The first kappa shape index (κ1) is 14.8. The minimum absolute atomic E-state index is 0.197. The van der Waals surface area contributed by atoms with Crippen LogP contribution in [-0.4, -0.2) is 13.0 Å². The molecule has 0 aliphatic rings. The van der Waals surface area contributed by atoms with E-state index in [0.717, 1.165) is 11.3 Å². The van der Waals surface area contributed by atoms with Crippen molar-refractivity contribution in [3.63, 3.8) is 0 Å². The highest BCUT2D eigenvalue weighted by Gasteiger charge is 2.06. The molecule has 0 atom stereocenters. The molecule has 0 bridgehead atoms. The number of hydrogen-bond donors (Lipinski definition) is 2. The van der Waals surface area contributed by atoms with Crippen LogP contribution in [-0.2, 0) is 11.3 Å². The van der Waals surface area contributed by atoms with Gasteiger partial charge in [-0.1, -0.05) is 18.2 Å². The predicted octanol–water partition coefficient (Wildman–Crippen LogP) is 3.40. The molecule has 2 aromatic rings. The van der Waals surface area contributed by atoms with Gasteiger partial charge >= 0.3 is 0 Å². The SMILES string of the molecule is COc1ccccc1CNc1cc(NC(C)=O)ccc1F. The highest BCUT2D eigenvalue weighted by molar-refractivity contribution is 5.89. The lowest BCUT2D eigenvalue weighted by atomic mass is 10.2. The topological polar surface area (TPSA) is 50.4 Å². The maximum absolute atomic E-state index is 13.8. The Labute approximate surface area is 122 Å². The molecule has 2 aromatic carbocycles. The molecule has 2 N–H and O–H groups in total. The quantitative estimate of drug-likeness (QED) is 0.886.